The largest absolute Gasteiger partial charge is 0.480 e. The van der Waals surface area contributed by atoms with Crippen LogP contribution < -0.4 is 10.5 Å². The molecule has 0 saturated carbocycles. The van der Waals surface area contributed by atoms with Crippen molar-refractivity contribution in [1.82, 2.24) is 4.72 Å². The van der Waals surface area contributed by atoms with Crippen molar-refractivity contribution in [3.63, 3.8) is 0 Å². The molecule has 0 aromatic carbocycles. The van der Waals surface area contributed by atoms with Gasteiger partial charge in [0.15, 0.2) is 0 Å². The van der Waals surface area contributed by atoms with Gasteiger partial charge < -0.3 is 10.8 Å². The molecule has 0 fully saturated rings. The SMILES string of the molecule is CC(C)NS(=O)(=O)C[C@H](N)C(=O)O. The lowest BCUT2D eigenvalue weighted by atomic mass is 10.4. The molecule has 7 heteroatoms. The quantitative estimate of drug-likeness (QED) is 0.524. The average Bonchev–Trinajstić information content (AvgIpc) is 1.81. The zero-order valence-electron chi connectivity index (χ0n) is 7.52. The van der Waals surface area contributed by atoms with Gasteiger partial charge in [-0.3, -0.25) is 4.79 Å². The molecule has 0 unspecified atom stereocenters. The lowest BCUT2D eigenvalue weighted by Gasteiger charge is -2.11. The zero-order valence-corrected chi connectivity index (χ0v) is 8.34. The van der Waals surface area contributed by atoms with Gasteiger partial charge in [-0.2, -0.15) is 0 Å². The summed E-state index contributed by atoms with van der Waals surface area (Å²) in [6.45, 7) is 3.29. The topological polar surface area (TPSA) is 109 Å². The Morgan fingerprint density at radius 2 is 2.00 bits per heavy atom. The van der Waals surface area contributed by atoms with Gasteiger partial charge in [0.25, 0.3) is 0 Å². The van der Waals surface area contributed by atoms with Crippen molar-refractivity contribution >= 4 is 16.0 Å². The lowest BCUT2D eigenvalue weighted by Crippen LogP contribution is -2.43. The fourth-order valence-corrected chi connectivity index (χ4v) is 2.14. The van der Waals surface area contributed by atoms with Gasteiger partial charge in [0.2, 0.25) is 10.0 Å². The van der Waals surface area contributed by atoms with E-state index in [9.17, 15) is 13.2 Å². The van der Waals surface area contributed by atoms with Crippen molar-refractivity contribution in [2.24, 2.45) is 5.73 Å². The van der Waals surface area contributed by atoms with Crippen LogP contribution in [0.3, 0.4) is 0 Å². The third-order valence-electron chi connectivity index (χ3n) is 1.13. The molecule has 13 heavy (non-hydrogen) atoms. The van der Waals surface area contributed by atoms with Gasteiger partial charge >= 0.3 is 5.97 Å². The number of nitrogens with two attached hydrogens (primary N) is 1. The van der Waals surface area contributed by atoms with Gasteiger partial charge in [0.1, 0.15) is 6.04 Å². The number of rotatable bonds is 5. The number of carbonyl (C=O) groups is 1. The molecule has 0 radical (unpaired) electrons. The molecule has 0 aliphatic rings. The zero-order chi connectivity index (χ0) is 10.6. The molecule has 0 aliphatic heterocycles. The number of hydrogen-bond donors (Lipinski definition) is 3. The Hall–Kier alpha value is -0.660. The smallest absolute Gasteiger partial charge is 0.321 e. The first kappa shape index (κ1) is 12.3. The van der Waals surface area contributed by atoms with E-state index in [1.807, 2.05) is 0 Å². The first-order valence-corrected chi connectivity index (χ1v) is 5.38. The van der Waals surface area contributed by atoms with Crippen LogP contribution in [0.1, 0.15) is 13.8 Å². The van der Waals surface area contributed by atoms with Crippen LogP contribution in [0, 0.1) is 0 Å². The molecule has 0 bridgehead atoms. The van der Waals surface area contributed by atoms with E-state index in [4.69, 9.17) is 10.8 Å². The van der Waals surface area contributed by atoms with E-state index in [0.717, 1.165) is 0 Å². The van der Waals surface area contributed by atoms with Crippen molar-refractivity contribution < 1.29 is 18.3 Å². The number of nitrogens with one attached hydrogen (secondary N) is 1. The molecule has 0 saturated heterocycles. The molecule has 0 spiro atoms. The third-order valence-corrected chi connectivity index (χ3v) is 2.76. The van der Waals surface area contributed by atoms with E-state index in [0.29, 0.717) is 0 Å². The highest BCUT2D eigenvalue weighted by Gasteiger charge is 2.21. The molecule has 4 N–H and O–H groups in total. The minimum Gasteiger partial charge on any atom is -0.480 e. The van der Waals surface area contributed by atoms with Gasteiger partial charge in [0.05, 0.1) is 5.75 Å². The lowest BCUT2D eigenvalue weighted by molar-refractivity contribution is -0.137. The molecule has 6 nitrogen and oxygen atoms in total. The molecular formula is C6H14N2O4S. The van der Waals surface area contributed by atoms with Crippen molar-refractivity contribution in [1.29, 1.82) is 0 Å². The minimum absolute atomic E-state index is 0.258. The first-order chi connectivity index (χ1) is 5.74. The van der Waals surface area contributed by atoms with Crippen molar-refractivity contribution in [2.75, 3.05) is 5.75 Å². The van der Waals surface area contributed by atoms with Crippen LogP contribution >= 0.6 is 0 Å². The Bertz CT molecular complexity index is 272. The summed E-state index contributed by atoms with van der Waals surface area (Å²) in [5.41, 5.74) is 5.06. The second-order valence-electron chi connectivity index (χ2n) is 3.00. The van der Waals surface area contributed by atoms with E-state index in [2.05, 4.69) is 4.72 Å². The standard InChI is InChI=1S/C6H14N2O4S/c1-4(2)8-13(11,12)3-5(7)6(9)10/h4-5,8H,3,7H2,1-2H3,(H,9,10)/t5-/m0/s1. The molecule has 0 aliphatic carbocycles. The summed E-state index contributed by atoms with van der Waals surface area (Å²) < 4.78 is 24.4. The molecule has 0 aromatic rings. The number of hydrogen-bond acceptors (Lipinski definition) is 4. The van der Waals surface area contributed by atoms with Crippen molar-refractivity contribution in [3.8, 4) is 0 Å². The highest BCUT2D eigenvalue weighted by molar-refractivity contribution is 7.89. The predicted molar refractivity (Wildman–Crippen MR) is 47.7 cm³/mol. The third kappa shape index (κ3) is 5.56. The van der Waals surface area contributed by atoms with E-state index < -0.39 is 27.8 Å². The number of sulfonamides is 1. The van der Waals surface area contributed by atoms with Crippen LogP contribution in [0.4, 0.5) is 0 Å². The molecule has 0 heterocycles. The fraction of sp³-hybridized carbons (Fsp3) is 0.833. The van der Waals surface area contributed by atoms with E-state index in [1.54, 1.807) is 13.8 Å². The van der Waals surface area contributed by atoms with Crippen LogP contribution in [0.15, 0.2) is 0 Å². The summed E-state index contributed by atoms with van der Waals surface area (Å²) in [6, 6.07) is -1.64. The molecule has 1 atom stereocenters. The van der Waals surface area contributed by atoms with Gasteiger partial charge in [-0.25, -0.2) is 13.1 Å². The maximum Gasteiger partial charge on any atom is 0.321 e. The predicted octanol–water partition coefficient (Wildman–Crippen LogP) is -1.27. The fourth-order valence-electron chi connectivity index (χ4n) is 0.715. The molecular weight excluding hydrogens is 196 g/mol. The van der Waals surface area contributed by atoms with E-state index in [1.165, 1.54) is 0 Å². The van der Waals surface area contributed by atoms with Crippen LogP contribution in [-0.4, -0.2) is 37.3 Å². The summed E-state index contributed by atoms with van der Waals surface area (Å²) in [7, 11) is -3.58. The number of aliphatic carboxylic acids is 1. The summed E-state index contributed by atoms with van der Waals surface area (Å²) >= 11 is 0. The van der Waals surface area contributed by atoms with Crippen LogP contribution in [0.5, 0.6) is 0 Å². The minimum atomic E-state index is -3.58. The summed E-state index contributed by atoms with van der Waals surface area (Å²) in [4.78, 5) is 10.2. The van der Waals surface area contributed by atoms with Gasteiger partial charge in [-0.05, 0) is 13.8 Å². The summed E-state index contributed by atoms with van der Waals surface area (Å²) in [6.07, 6.45) is 0. The van der Waals surface area contributed by atoms with E-state index >= 15 is 0 Å². The first-order valence-electron chi connectivity index (χ1n) is 3.73. The van der Waals surface area contributed by atoms with Crippen molar-refractivity contribution in [3.05, 3.63) is 0 Å². The Labute approximate surface area is 77.2 Å². The van der Waals surface area contributed by atoms with E-state index in [-0.39, 0.29) is 6.04 Å². The van der Waals surface area contributed by atoms with Gasteiger partial charge in [-0.15, -0.1) is 0 Å². The average molecular weight is 210 g/mol. The molecule has 78 valence electrons. The molecule has 0 aromatic heterocycles. The maximum atomic E-state index is 11.1. The Morgan fingerprint density at radius 1 is 1.54 bits per heavy atom. The normalized spacial score (nSPS) is 14.5. The van der Waals surface area contributed by atoms with Crippen LogP contribution in [0.2, 0.25) is 0 Å². The second kappa shape index (κ2) is 4.54. The monoisotopic (exact) mass is 210 g/mol. The highest BCUT2D eigenvalue weighted by atomic mass is 32.2. The van der Waals surface area contributed by atoms with Gasteiger partial charge in [0, 0.05) is 6.04 Å². The maximum absolute atomic E-state index is 11.1. The Balaban J connectivity index is 4.27. The van der Waals surface area contributed by atoms with Crippen LogP contribution in [0.25, 0.3) is 0 Å². The molecule has 0 amide bonds. The Morgan fingerprint density at radius 3 is 2.31 bits per heavy atom. The Kier molecular flexibility index (Phi) is 4.31. The highest BCUT2D eigenvalue weighted by Crippen LogP contribution is 1.91. The second-order valence-corrected chi connectivity index (χ2v) is 4.80. The van der Waals surface area contributed by atoms with Crippen molar-refractivity contribution in [2.45, 2.75) is 25.9 Å². The summed E-state index contributed by atoms with van der Waals surface area (Å²) in [5.74, 6) is -1.92. The van der Waals surface area contributed by atoms with Crippen LogP contribution in [-0.2, 0) is 14.8 Å². The number of carboxylic acids is 1. The number of carboxylic acid groups (broad SMARTS) is 1. The molecule has 0 rings (SSSR count). The summed E-state index contributed by atoms with van der Waals surface area (Å²) in [5, 5.41) is 8.36. The van der Waals surface area contributed by atoms with Gasteiger partial charge in [-0.1, -0.05) is 0 Å².